The highest BCUT2D eigenvalue weighted by Crippen LogP contribution is 2.23. The van der Waals surface area contributed by atoms with E-state index in [0.717, 1.165) is 12.1 Å². The maximum Gasteiger partial charge on any atom is 0.243 e. The molecule has 0 unspecified atom stereocenters. The fourth-order valence-electron chi connectivity index (χ4n) is 1.75. The molecule has 0 spiro atoms. The third kappa shape index (κ3) is 2.82. The second-order valence-corrected chi connectivity index (χ2v) is 6.05. The Morgan fingerprint density at radius 1 is 1.32 bits per heavy atom. The van der Waals surface area contributed by atoms with E-state index in [9.17, 15) is 17.6 Å². The van der Waals surface area contributed by atoms with Crippen LogP contribution in [0.15, 0.2) is 35.2 Å². The summed E-state index contributed by atoms with van der Waals surface area (Å²) >= 11 is 0. The predicted octanol–water partition coefficient (Wildman–Crippen LogP) is 1.34. The van der Waals surface area contributed by atoms with E-state index in [1.807, 2.05) is 0 Å². The van der Waals surface area contributed by atoms with Crippen LogP contribution < -0.4 is 5.32 Å². The van der Waals surface area contributed by atoms with E-state index in [0.29, 0.717) is 13.1 Å². The Morgan fingerprint density at radius 2 is 1.95 bits per heavy atom. The number of hydrogen-bond acceptors (Lipinski definition) is 3. The van der Waals surface area contributed by atoms with E-state index in [1.165, 1.54) is 17.3 Å². The van der Waals surface area contributed by atoms with Crippen LogP contribution in [0.25, 0.3) is 0 Å². The van der Waals surface area contributed by atoms with Gasteiger partial charge in [0.1, 0.15) is 5.82 Å². The third-order valence-corrected chi connectivity index (χ3v) is 4.50. The summed E-state index contributed by atoms with van der Waals surface area (Å²) in [5.41, 5.74) is -0.138. The van der Waals surface area contributed by atoms with E-state index in [4.69, 9.17) is 0 Å². The fraction of sp³-hybridized carbons (Fsp3) is 0.250. The van der Waals surface area contributed by atoms with E-state index in [1.54, 1.807) is 12.2 Å². The van der Waals surface area contributed by atoms with Gasteiger partial charge in [-0.3, -0.25) is 4.79 Å². The first-order valence-corrected chi connectivity index (χ1v) is 7.07. The van der Waals surface area contributed by atoms with Crippen molar-refractivity contribution in [2.45, 2.75) is 11.8 Å². The van der Waals surface area contributed by atoms with Gasteiger partial charge in [0.05, 0.1) is 10.6 Å². The normalized spacial score (nSPS) is 15.7. The molecular weight excluding hydrogens is 271 g/mol. The quantitative estimate of drug-likeness (QED) is 0.852. The van der Waals surface area contributed by atoms with Crippen LogP contribution in [-0.4, -0.2) is 31.7 Å². The van der Waals surface area contributed by atoms with Gasteiger partial charge in [0.25, 0.3) is 0 Å². The molecule has 0 saturated heterocycles. The zero-order valence-electron chi connectivity index (χ0n) is 10.3. The number of nitrogens with one attached hydrogen (secondary N) is 1. The Morgan fingerprint density at radius 3 is 2.53 bits per heavy atom. The fourth-order valence-corrected chi connectivity index (χ4v) is 3.12. The number of amides is 1. The Labute approximate surface area is 110 Å². The van der Waals surface area contributed by atoms with Crippen LogP contribution in [0.2, 0.25) is 0 Å². The molecule has 1 aromatic rings. The van der Waals surface area contributed by atoms with Gasteiger partial charge in [-0.25, -0.2) is 12.8 Å². The molecule has 1 aliphatic rings. The van der Waals surface area contributed by atoms with Crippen LogP contribution in [0.5, 0.6) is 0 Å². The van der Waals surface area contributed by atoms with Crippen LogP contribution in [-0.2, 0) is 14.8 Å². The average Bonchev–Trinajstić information content (AvgIpc) is 2.85. The molecule has 1 N–H and O–H groups in total. The topological polar surface area (TPSA) is 66.5 Å². The van der Waals surface area contributed by atoms with Crippen molar-refractivity contribution in [2.24, 2.45) is 0 Å². The number of anilines is 1. The molecule has 5 nitrogen and oxygen atoms in total. The van der Waals surface area contributed by atoms with E-state index in [2.05, 4.69) is 5.32 Å². The zero-order valence-corrected chi connectivity index (χ0v) is 11.1. The average molecular weight is 284 g/mol. The van der Waals surface area contributed by atoms with Crippen molar-refractivity contribution >= 4 is 21.6 Å². The van der Waals surface area contributed by atoms with Gasteiger partial charge in [-0.1, -0.05) is 12.2 Å². The number of hydrogen-bond donors (Lipinski definition) is 1. The Hall–Kier alpha value is -1.73. The van der Waals surface area contributed by atoms with Gasteiger partial charge >= 0.3 is 0 Å². The molecule has 1 heterocycles. The van der Waals surface area contributed by atoms with Crippen LogP contribution >= 0.6 is 0 Å². The molecule has 1 aliphatic heterocycles. The minimum Gasteiger partial charge on any atom is -0.324 e. The maximum atomic E-state index is 13.5. The summed E-state index contributed by atoms with van der Waals surface area (Å²) in [5.74, 6) is -1.13. The molecule has 1 aromatic carbocycles. The predicted molar refractivity (Wildman–Crippen MR) is 68.6 cm³/mol. The number of carbonyl (C=O) groups excluding carboxylic acids is 1. The molecule has 7 heteroatoms. The van der Waals surface area contributed by atoms with Crippen molar-refractivity contribution in [2.75, 3.05) is 18.4 Å². The largest absolute Gasteiger partial charge is 0.324 e. The lowest BCUT2D eigenvalue weighted by molar-refractivity contribution is -0.114. The summed E-state index contributed by atoms with van der Waals surface area (Å²) in [6.45, 7) is 1.83. The highest BCUT2D eigenvalue weighted by atomic mass is 32.2. The Bertz CT molecular complexity index is 632. The van der Waals surface area contributed by atoms with Crippen molar-refractivity contribution in [3.63, 3.8) is 0 Å². The van der Waals surface area contributed by atoms with Gasteiger partial charge in [-0.15, -0.1) is 0 Å². The summed E-state index contributed by atoms with van der Waals surface area (Å²) in [5, 5.41) is 2.26. The summed E-state index contributed by atoms with van der Waals surface area (Å²) in [4.78, 5) is 10.9. The smallest absolute Gasteiger partial charge is 0.243 e. The molecule has 0 radical (unpaired) electrons. The van der Waals surface area contributed by atoms with Gasteiger partial charge in [0, 0.05) is 20.0 Å². The maximum absolute atomic E-state index is 13.5. The molecule has 0 atom stereocenters. The number of carbonyl (C=O) groups is 1. The molecule has 0 fully saturated rings. The van der Waals surface area contributed by atoms with Crippen LogP contribution in [0, 0.1) is 5.82 Å². The Balaban J connectivity index is 2.37. The van der Waals surface area contributed by atoms with Gasteiger partial charge < -0.3 is 5.32 Å². The molecule has 0 saturated carbocycles. The molecular formula is C12H13FN2O3S. The van der Waals surface area contributed by atoms with Crippen molar-refractivity contribution < 1.29 is 17.6 Å². The molecule has 1 amide bonds. The van der Waals surface area contributed by atoms with Crippen molar-refractivity contribution in [3.8, 4) is 0 Å². The van der Waals surface area contributed by atoms with E-state index >= 15 is 0 Å². The summed E-state index contributed by atoms with van der Waals surface area (Å²) < 4.78 is 39.2. The zero-order chi connectivity index (χ0) is 14.0. The molecule has 0 aromatic heterocycles. The van der Waals surface area contributed by atoms with Gasteiger partial charge in [0.15, 0.2) is 0 Å². The first-order valence-electron chi connectivity index (χ1n) is 5.63. The van der Waals surface area contributed by atoms with Crippen LogP contribution in [0.1, 0.15) is 6.92 Å². The van der Waals surface area contributed by atoms with Crippen LogP contribution in [0.4, 0.5) is 10.1 Å². The van der Waals surface area contributed by atoms with E-state index in [-0.39, 0.29) is 10.6 Å². The van der Waals surface area contributed by atoms with Gasteiger partial charge in [0.2, 0.25) is 15.9 Å². The van der Waals surface area contributed by atoms with Gasteiger partial charge in [-0.2, -0.15) is 4.31 Å². The molecule has 2 rings (SSSR count). The summed E-state index contributed by atoms with van der Waals surface area (Å²) in [7, 11) is -3.66. The lowest BCUT2D eigenvalue weighted by atomic mass is 10.3. The van der Waals surface area contributed by atoms with Crippen LogP contribution in [0.3, 0.4) is 0 Å². The molecule has 0 aliphatic carbocycles. The Kier molecular flexibility index (Phi) is 3.68. The van der Waals surface area contributed by atoms with Crippen molar-refractivity contribution in [1.82, 2.24) is 4.31 Å². The van der Waals surface area contributed by atoms with Crippen molar-refractivity contribution in [1.29, 1.82) is 0 Å². The minimum atomic E-state index is -3.66. The SMILES string of the molecule is CC(=O)Nc1cc(S(=O)(=O)N2CC=CC2)ccc1F. The monoisotopic (exact) mass is 284 g/mol. The minimum absolute atomic E-state index is 0.0404. The molecule has 19 heavy (non-hydrogen) atoms. The lowest BCUT2D eigenvalue weighted by Crippen LogP contribution is -2.28. The number of halogens is 1. The first-order chi connectivity index (χ1) is 8.91. The second-order valence-electron chi connectivity index (χ2n) is 4.12. The number of nitrogens with zero attached hydrogens (tertiary/aromatic N) is 1. The lowest BCUT2D eigenvalue weighted by Gasteiger charge is -2.16. The first kappa shape index (κ1) is 13.7. The molecule has 0 bridgehead atoms. The summed E-state index contributed by atoms with van der Waals surface area (Å²) in [6, 6.07) is 3.35. The third-order valence-electron chi connectivity index (χ3n) is 2.67. The number of rotatable bonds is 3. The van der Waals surface area contributed by atoms with E-state index < -0.39 is 21.7 Å². The highest BCUT2D eigenvalue weighted by Gasteiger charge is 2.25. The standard InChI is InChI=1S/C12H13FN2O3S/c1-9(16)14-12-8-10(4-5-11(12)13)19(17,18)15-6-2-3-7-15/h2-5,8H,6-7H2,1H3,(H,14,16). The number of sulfonamides is 1. The second kappa shape index (κ2) is 5.10. The number of benzene rings is 1. The van der Waals surface area contributed by atoms with Crippen molar-refractivity contribution in [3.05, 3.63) is 36.2 Å². The van der Waals surface area contributed by atoms with Gasteiger partial charge in [-0.05, 0) is 18.2 Å². The highest BCUT2D eigenvalue weighted by molar-refractivity contribution is 7.89. The molecule has 102 valence electrons. The summed E-state index contributed by atoms with van der Waals surface area (Å²) in [6.07, 6.45) is 3.49.